The maximum Gasteiger partial charge on any atom is 0.255 e. The molecule has 0 saturated heterocycles. The van der Waals surface area contributed by atoms with Gasteiger partial charge in [0.1, 0.15) is 11.5 Å². The summed E-state index contributed by atoms with van der Waals surface area (Å²) in [6, 6.07) is 1.97. The molecule has 0 spiro atoms. The lowest BCUT2D eigenvalue weighted by Crippen LogP contribution is -2.25. The monoisotopic (exact) mass is 206 g/mol. The summed E-state index contributed by atoms with van der Waals surface area (Å²) >= 11 is 0. The van der Waals surface area contributed by atoms with Crippen LogP contribution in [0.4, 0.5) is 0 Å². The summed E-state index contributed by atoms with van der Waals surface area (Å²) in [5.74, 6) is 1.22. The highest BCUT2D eigenvalue weighted by Crippen LogP contribution is 2.20. The van der Waals surface area contributed by atoms with Crippen molar-refractivity contribution in [1.29, 1.82) is 5.26 Å². The molecule has 0 atom stereocenters. The maximum absolute atomic E-state index is 11.7. The van der Waals surface area contributed by atoms with Gasteiger partial charge in [-0.05, 0) is 20.8 Å². The molecular formula is C11H14N2O2. The third-order valence-corrected chi connectivity index (χ3v) is 2.31. The lowest BCUT2D eigenvalue weighted by Gasteiger charge is -2.02. The van der Waals surface area contributed by atoms with Crippen molar-refractivity contribution in [2.75, 3.05) is 6.54 Å². The van der Waals surface area contributed by atoms with Gasteiger partial charge in [-0.2, -0.15) is 5.26 Å². The number of nitrogens with zero attached hydrogens (tertiary/aromatic N) is 1. The number of rotatable bonds is 3. The first-order valence-electron chi connectivity index (χ1n) is 4.79. The molecule has 80 valence electrons. The van der Waals surface area contributed by atoms with Crippen molar-refractivity contribution < 1.29 is 9.21 Å². The van der Waals surface area contributed by atoms with Gasteiger partial charge in [-0.25, -0.2) is 0 Å². The van der Waals surface area contributed by atoms with E-state index in [1.54, 1.807) is 6.92 Å². The van der Waals surface area contributed by atoms with Crippen LogP contribution in [0.15, 0.2) is 4.42 Å². The number of nitrogens with one attached hydrogen (secondary N) is 1. The fourth-order valence-electron chi connectivity index (χ4n) is 1.45. The molecular weight excluding hydrogens is 192 g/mol. The van der Waals surface area contributed by atoms with Gasteiger partial charge in [-0.3, -0.25) is 4.79 Å². The van der Waals surface area contributed by atoms with Crippen molar-refractivity contribution in [3.63, 3.8) is 0 Å². The molecule has 1 aromatic rings. The lowest BCUT2D eigenvalue weighted by atomic mass is 10.1. The van der Waals surface area contributed by atoms with Crippen LogP contribution in [0.2, 0.25) is 0 Å². The van der Waals surface area contributed by atoms with Crippen LogP contribution >= 0.6 is 0 Å². The summed E-state index contributed by atoms with van der Waals surface area (Å²) in [4.78, 5) is 11.7. The summed E-state index contributed by atoms with van der Waals surface area (Å²) in [6.07, 6.45) is 0.320. The zero-order valence-electron chi connectivity index (χ0n) is 9.18. The van der Waals surface area contributed by atoms with Gasteiger partial charge in [0, 0.05) is 12.1 Å². The van der Waals surface area contributed by atoms with Crippen LogP contribution in [0.5, 0.6) is 0 Å². The Morgan fingerprint density at radius 1 is 1.40 bits per heavy atom. The molecule has 1 heterocycles. The van der Waals surface area contributed by atoms with Crippen molar-refractivity contribution in [2.24, 2.45) is 0 Å². The van der Waals surface area contributed by atoms with Crippen molar-refractivity contribution in [1.82, 2.24) is 5.32 Å². The first kappa shape index (κ1) is 11.3. The second kappa shape index (κ2) is 4.65. The van der Waals surface area contributed by atoms with E-state index < -0.39 is 0 Å². The van der Waals surface area contributed by atoms with Crippen LogP contribution < -0.4 is 5.32 Å². The highest BCUT2D eigenvalue weighted by atomic mass is 16.3. The molecule has 15 heavy (non-hydrogen) atoms. The van der Waals surface area contributed by atoms with Gasteiger partial charge in [0.25, 0.3) is 5.91 Å². The number of aryl methyl sites for hydroxylation is 2. The predicted molar refractivity (Wildman–Crippen MR) is 55.5 cm³/mol. The largest absolute Gasteiger partial charge is 0.466 e. The van der Waals surface area contributed by atoms with E-state index in [9.17, 15) is 4.79 Å². The van der Waals surface area contributed by atoms with Crippen molar-refractivity contribution in [3.8, 4) is 6.07 Å². The van der Waals surface area contributed by atoms with Gasteiger partial charge < -0.3 is 9.73 Å². The van der Waals surface area contributed by atoms with Crippen molar-refractivity contribution >= 4 is 5.91 Å². The Hall–Kier alpha value is -1.76. The van der Waals surface area contributed by atoms with Gasteiger partial charge >= 0.3 is 0 Å². The molecule has 0 aliphatic heterocycles. The normalized spacial score (nSPS) is 9.73. The standard InChI is InChI=1S/C11H14N2O2/c1-7-8(2)15-9(3)10(7)11(14)13-6-4-5-12/h4,6H2,1-3H3,(H,13,14). The molecule has 4 heteroatoms. The third kappa shape index (κ3) is 2.38. The Morgan fingerprint density at radius 2 is 2.07 bits per heavy atom. The lowest BCUT2D eigenvalue weighted by molar-refractivity contribution is 0.0952. The van der Waals surface area contributed by atoms with E-state index in [2.05, 4.69) is 5.32 Å². The first-order chi connectivity index (χ1) is 7.07. The molecule has 4 nitrogen and oxygen atoms in total. The number of hydrogen-bond donors (Lipinski definition) is 1. The molecule has 0 aliphatic carbocycles. The number of nitriles is 1. The third-order valence-electron chi connectivity index (χ3n) is 2.31. The van der Waals surface area contributed by atoms with Gasteiger partial charge in [0.2, 0.25) is 0 Å². The average Bonchev–Trinajstić information content (AvgIpc) is 2.41. The van der Waals surface area contributed by atoms with E-state index in [0.29, 0.717) is 24.3 Å². The number of carbonyl (C=O) groups is 1. The van der Waals surface area contributed by atoms with E-state index >= 15 is 0 Å². The van der Waals surface area contributed by atoms with Crippen LogP contribution in [0.25, 0.3) is 0 Å². The number of amides is 1. The number of carbonyl (C=O) groups excluding carboxylic acids is 1. The first-order valence-corrected chi connectivity index (χ1v) is 4.79. The highest BCUT2D eigenvalue weighted by Gasteiger charge is 2.17. The Balaban J connectivity index is 2.78. The Kier molecular flexibility index (Phi) is 3.51. The fraction of sp³-hybridized carbons (Fsp3) is 0.455. The SMILES string of the molecule is Cc1oc(C)c(C(=O)NCCC#N)c1C. The second-order valence-corrected chi connectivity index (χ2v) is 3.38. The van der Waals surface area contributed by atoms with Gasteiger partial charge in [0.15, 0.2) is 0 Å². The zero-order valence-corrected chi connectivity index (χ0v) is 9.18. The van der Waals surface area contributed by atoms with Gasteiger partial charge in [0.05, 0.1) is 18.1 Å². The molecule has 1 amide bonds. The predicted octanol–water partition coefficient (Wildman–Crippen LogP) is 1.85. The van der Waals surface area contributed by atoms with Crippen LogP contribution in [0, 0.1) is 32.1 Å². The van der Waals surface area contributed by atoms with Gasteiger partial charge in [-0.15, -0.1) is 0 Å². The Bertz CT molecular complexity index is 413. The summed E-state index contributed by atoms with van der Waals surface area (Å²) < 4.78 is 5.35. The van der Waals surface area contributed by atoms with Crippen molar-refractivity contribution in [2.45, 2.75) is 27.2 Å². The minimum atomic E-state index is -0.169. The van der Waals surface area contributed by atoms with E-state index in [0.717, 1.165) is 11.3 Å². The minimum absolute atomic E-state index is 0.169. The minimum Gasteiger partial charge on any atom is -0.466 e. The molecule has 0 saturated carbocycles. The zero-order chi connectivity index (χ0) is 11.4. The smallest absolute Gasteiger partial charge is 0.255 e. The van der Waals surface area contributed by atoms with Gasteiger partial charge in [-0.1, -0.05) is 0 Å². The second-order valence-electron chi connectivity index (χ2n) is 3.38. The number of furan rings is 1. The molecule has 1 aromatic heterocycles. The van der Waals surface area contributed by atoms with Crippen LogP contribution in [0.1, 0.15) is 33.9 Å². The molecule has 0 aliphatic rings. The average molecular weight is 206 g/mol. The quantitative estimate of drug-likeness (QED) is 0.767. The summed E-state index contributed by atoms with van der Waals surface area (Å²) in [5.41, 5.74) is 1.45. The summed E-state index contributed by atoms with van der Waals surface area (Å²) in [6.45, 7) is 5.82. The number of hydrogen-bond acceptors (Lipinski definition) is 3. The highest BCUT2D eigenvalue weighted by molar-refractivity contribution is 5.96. The van der Waals surface area contributed by atoms with Crippen LogP contribution in [0.3, 0.4) is 0 Å². The van der Waals surface area contributed by atoms with E-state index in [-0.39, 0.29) is 5.91 Å². The maximum atomic E-state index is 11.7. The Labute approximate surface area is 88.9 Å². The molecule has 0 radical (unpaired) electrons. The summed E-state index contributed by atoms with van der Waals surface area (Å²) in [7, 11) is 0. The van der Waals surface area contributed by atoms with E-state index in [1.165, 1.54) is 0 Å². The van der Waals surface area contributed by atoms with E-state index in [1.807, 2.05) is 19.9 Å². The fourth-order valence-corrected chi connectivity index (χ4v) is 1.45. The molecule has 0 aromatic carbocycles. The molecule has 0 fully saturated rings. The molecule has 1 N–H and O–H groups in total. The van der Waals surface area contributed by atoms with Crippen LogP contribution in [-0.2, 0) is 0 Å². The Morgan fingerprint density at radius 3 is 2.53 bits per heavy atom. The molecule has 1 rings (SSSR count). The van der Waals surface area contributed by atoms with Crippen LogP contribution in [-0.4, -0.2) is 12.5 Å². The van der Waals surface area contributed by atoms with Crippen molar-refractivity contribution in [3.05, 3.63) is 22.6 Å². The summed E-state index contributed by atoms with van der Waals surface area (Å²) in [5, 5.41) is 11.0. The molecule has 0 unspecified atom stereocenters. The molecule has 0 bridgehead atoms. The van der Waals surface area contributed by atoms with E-state index in [4.69, 9.17) is 9.68 Å². The topological polar surface area (TPSA) is 66.0 Å².